The van der Waals surface area contributed by atoms with Crippen LogP contribution in [0.2, 0.25) is 5.02 Å². The van der Waals surface area contributed by atoms with Crippen molar-refractivity contribution in [3.05, 3.63) is 33.4 Å². The van der Waals surface area contributed by atoms with E-state index in [1.165, 1.54) is 0 Å². The van der Waals surface area contributed by atoms with E-state index >= 15 is 0 Å². The van der Waals surface area contributed by atoms with Gasteiger partial charge < -0.3 is 10.1 Å². The van der Waals surface area contributed by atoms with Crippen molar-refractivity contribution in [2.24, 2.45) is 0 Å². The number of hydrogen-bond acceptors (Lipinski definition) is 1. The van der Waals surface area contributed by atoms with Gasteiger partial charge in [-0.25, -0.2) is 4.79 Å². The van der Waals surface area contributed by atoms with Crippen LogP contribution in [-0.4, -0.2) is 16.1 Å². The highest BCUT2D eigenvalue weighted by molar-refractivity contribution is 9.10. The van der Waals surface area contributed by atoms with Crippen LogP contribution in [0.5, 0.6) is 0 Å². The smallest absolute Gasteiger partial charge is 0.352 e. The van der Waals surface area contributed by atoms with Gasteiger partial charge in [-0.15, -0.1) is 0 Å². The van der Waals surface area contributed by atoms with Crippen LogP contribution in [0.4, 0.5) is 0 Å². The zero-order chi connectivity index (χ0) is 10.3. The molecule has 5 heteroatoms. The van der Waals surface area contributed by atoms with E-state index in [-0.39, 0.29) is 5.69 Å². The van der Waals surface area contributed by atoms with Gasteiger partial charge in [-0.3, -0.25) is 0 Å². The zero-order valence-corrected chi connectivity index (χ0v) is 9.19. The molecule has 0 spiro atoms. The van der Waals surface area contributed by atoms with E-state index in [2.05, 4.69) is 20.9 Å². The van der Waals surface area contributed by atoms with Gasteiger partial charge in [0.1, 0.15) is 5.69 Å². The van der Waals surface area contributed by atoms with Crippen molar-refractivity contribution >= 4 is 44.4 Å². The molecule has 1 heterocycles. The Morgan fingerprint density at radius 3 is 2.79 bits per heavy atom. The summed E-state index contributed by atoms with van der Waals surface area (Å²) in [5.74, 6) is -0.982. The summed E-state index contributed by atoms with van der Waals surface area (Å²) in [7, 11) is 0. The van der Waals surface area contributed by atoms with Gasteiger partial charge in [-0.1, -0.05) is 11.6 Å². The number of carbonyl (C=O) groups is 1. The molecular formula is C9H5BrClNO2. The SMILES string of the molecule is O=C(O)c1cc2cc(Cl)cc(Br)c2[nH]1. The van der Waals surface area contributed by atoms with Crippen LogP contribution in [0.25, 0.3) is 10.9 Å². The number of aromatic carboxylic acids is 1. The number of halogens is 2. The number of H-pyrrole nitrogens is 1. The fraction of sp³-hybridized carbons (Fsp3) is 0. The third-order valence-corrected chi connectivity index (χ3v) is 2.72. The molecule has 3 nitrogen and oxygen atoms in total. The molecule has 2 N–H and O–H groups in total. The Hall–Kier alpha value is -1.00. The lowest BCUT2D eigenvalue weighted by Gasteiger charge is -1.94. The summed E-state index contributed by atoms with van der Waals surface area (Å²) >= 11 is 9.12. The number of aromatic amines is 1. The summed E-state index contributed by atoms with van der Waals surface area (Å²) in [5, 5.41) is 10.1. The third kappa shape index (κ3) is 1.51. The standard InChI is InChI=1S/C9H5BrClNO2/c10-6-3-5(11)1-4-2-7(9(13)14)12-8(4)6/h1-3,12H,(H,13,14). The molecule has 0 saturated heterocycles. The molecule has 72 valence electrons. The molecule has 2 aromatic rings. The molecule has 0 bridgehead atoms. The van der Waals surface area contributed by atoms with Crippen molar-refractivity contribution in [2.45, 2.75) is 0 Å². The lowest BCUT2D eigenvalue weighted by molar-refractivity contribution is 0.0691. The Morgan fingerprint density at radius 1 is 1.43 bits per heavy atom. The number of carboxylic acids is 1. The van der Waals surface area contributed by atoms with Crippen LogP contribution >= 0.6 is 27.5 Å². The molecule has 0 aliphatic carbocycles. The van der Waals surface area contributed by atoms with Gasteiger partial charge in [0.2, 0.25) is 0 Å². The van der Waals surface area contributed by atoms with Gasteiger partial charge >= 0.3 is 5.97 Å². The van der Waals surface area contributed by atoms with E-state index < -0.39 is 5.97 Å². The molecule has 0 radical (unpaired) electrons. The van der Waals surface area contributed by atoms with E-state index in [9.17, 15) is 4.79 Å². The highest BCUT2D eigenvalue weighted by atomic mass is 79.9. The predicted molar refractivity (Wildman–Crippen MR) is 58.0 cm³/mol. The molecular weight excluding hydrogens is 269 g/mol. The summed E-state index contributed by atoms with van der Waals surface area (Å²) in [4.78, 5) is 13.5. The number of rotatable bonds is 1. The van der Waals surface area contributed by atoms with Gasteiger partial charge in [0, 0.05) is 14.9 Å². The van der Waals surface area contributed by atoms with Gasteiger partial charge in [0.25, 0.3) is 0 Å². The molecule has 1 aromatic carbocycles. The molecule has 2 rings (SSSR count). The number of hydrogen-bond donors (Lipinski definition) is 2. The van der Waals surface area contributed by atoms with Crippen LogP contribution in [0, 0.1) is 0 Å². The molecule has 0 amide bonds. The zero-order valence-electron chi connectivity index (χ0n) is 6.84. The van der Waals surface area contributed by atoms with Crippen molar-refractivity contribution in [1.29, 1.82) is 0 Å². The summed E-state index contributed by atoms with van der Waals surface area (Å²) in [6, 6.07) is 4.98. The number of aromatic nitrogens is 1. The van der Waals surface area contributed by atoms with Crippen molar-refractivity contribution in [3.8, 4) is 0 Å². The lowest BCUT2D eigenvalue weighted by Crippen LogP contribution is -1.94. The average molecular weight is 275 g/mol. The Bertz CT molecular complexity index is 521. The van der Waals surface area contributed by atoms with Crippen LogP contribution in [-0.2, 0) is 0 Å². The fourth-order valence-electron chi connectivity index (χ4n) is 1.28. The first-order valence-electron chi connectivity index (χ1n) is 3.79. The maximum absolute atomic E-state index is 10.7. The van der Waals surface area contributed by atoms with Gasteiger partial charge in [0.05, 0.1) is 5.52 Å². The maximum atomic E-state index is 10.7. The Kier molecular flexibility index (Phi) is 2.25. The Balaban J connectivity index is 2.76. The minimum atomic E-state index is -0.982. The summed E-state index contributed by atoms with van der Waals surface area (Å²) < 4.78 is 0.757. The second-order valence-corrected chi connectivity index (χ2v) is 4.13. The van der Waals surface area contributed by atoms with E-state index in [1.807, 2.05) is 0 Å². The van der Waals surface area contributed by atoms with Crippen LogP contribution in [0.15, 0.2) is 22.7 Å². The van der Waals surface area contributed by atoms with E-state index in [4.69, 9.17) is 16.7 Å². The Morgan fingerprint density at radius 2 is 2.14 bits per heavy atom. The quantitative estimate of drug-likeness (QED) is 0.838. The second kappa shape index (κ2) is 3.29. The normalized spacial score (nSPS) is 10.7. The first kappa shape index (κ1) is 9.55. The molecule has 0 aliphatic rings. The largest absolute Gasteiger partial charge is 0.477 e. The van der Waals surface area contributed by atoms with Crippen LogP contribution in [0.1, 0.15) is 10.5 Å². The molecule has 0 aliphatic heterocycles. The van der Waals surface area contributed by atoms with Crippen LogP contribution in [0.3, 0.4) is 0 Å². The highest BCUT2D eigenvalue weighted by Gasteiger charge is 2.09. The molecule has 0 saturated carbocycles. The van der Waals surface area contributed by atoms with Gasteiger partial charge in [-0.2, -0.15) is 0 Å². The number of nitrogens with one attached hydrogen (secondary N) is 1. The van der Waals surface area contributed by atoms with Crippen molar-refractivity contribution < 1.29 is 9.90 Å². The van der Waals surface area contributed by atoms with Gasteiger partial charge in [0.15, 0.2) is 0 Å². The summed E-state index contributed by atoms with van der Waals surface area (Å²) in [5.41, 5.74) is 0.898. The molecule has 0 atom stereocenters. The average Bonchev–Trinajstić information content (AvgIpc) is 2.47. The minimum Gasteiger partial charge on any atom is -0.477 e. The molecule has 1 aromatic heterocycles. The molecule has 0 unspecified atom stereocenters. The monoisotopic (exact) mass is 273 g/mol. The lowest BCUT2D eigenvalue weighted by atomic mass is 10.2. The number of carboxylic acid groups (broad SMARTS) is 1. The molecule has 0 fully saturated rings. The van der Waals surface area contributed by atoms with Crippen molar-refractivity contribution in [3.63, 3.8) is 0 Å². The predicted octanol–water partition coefficient (Wildman–Crippen LogP) is 3.28. The van der Waals surface area contributed by atoms with E-state index in [0.29, 0.717) is 5.02 Å². The topological polar surface area (TPSA) is 53.1 Å². The summed E-state index contributed by atoms with van der Waals surface area (Å²) in [6.07, 6.45) is 0. The van der Waals surface area contributed by atoms with Crippen molar-refractivity contribution in [1.82, 2.24) is 4.98 Å². The van der Waals surface area contributed by atoms with Crippen molar-refractivity contribution in [2.75, 3.05) is 0 Å². The third-order valence-electron chi connectivity index (χ3n) is 1.88. The first-order chi connectivity index (χ1) is 6.58. The second-order valence-electron chi connectivity index (χ2n) is 2.84. The highest BCUT2D eigenvalue weighted by Crippen LogP contribution is 2.28. The fourth-order valence-corrected chi connectivity index (χ4v) is 2.21. The first-order valence-corrected chi connectivity index (χ1v) is 4.96. The van der Waals surface area contributed by atoms with Gasteiger partial charge in [-0.05, 0) is 34.1 Å². The molecule has 14 heavy (non-hydrogen) atoms. The van der Waals surface area contributed by atoms with E-state index in [0.717, 1.165) is 15.4 Å². The van der Waals surface area contributed by atoms with E-state index in [1.54, 1.807) is 18.2 Å². The van der Waals surface area contributed by atoms with Crippen LogP contribution < -0.4 is 0 Å². The maximum Gasteiger partial charge on any atom is 0.352 e. The number of fused-ring (bicyclic) bond motifs is 1. The Labute approximate surface area is 92.8 Å². The minimum absolute atomic E-state index is 0.156. The number of benzene rings is 1. The summed E-state index contributed by atoms with van der Waals surface area (Å²) in [6.45, 7) is 0.